The Morgan fingerprint density at radius 1 is 1.44 bits per heavy atom. The van der Waals surface area contributed by atoms with Crippen LogP contribution >= 0.6 is 12.2 Å². The summed E-state index contributed by atoms with van der Waals surface area (Å²) in [5.41, 5.74) is 1.81. The van der Waals surface area contributed by atoms with E-state index in [0.29, 0.717) is 29.2 Å². The third-order valence-electron chi connectivity index (χ3n) is 5.32. The van der Waals surface area contributed by atoms with Crippen LogP contribution in [0.25, 0.3) is 0 Å². The fraction of sp³-hybridized carbons (Fsp3) is 0.812. The molecule has 0 bridgehead atoms. The average Bonchev–Trinajstić information content (AvgIpc) is 2.28. The van der Waals surface area contributed by atoms with Gasteiger partial charge in [0, 0.05) is 5.92 Å². The summed E-state index contributed by atoms with van der Waals surface area (Å²) in [5, 5.41) is 2.66. The lowest BCUT2D eigenvalue weighted by Gasteiger charge is -2.52. The van der Waals surface area contributed by atoms with Gasteiger partial charge in [0.15, 0.2) is 0 Å². The highest BCUT2D eigenvalue weighted by molar-refractivity contribution is 7.78. The molecule has 0 radical (unpaired) electrons. The van der Waals surface area contributed by atoms with Gasteiger partial charge in [-0.1, -0.05) is 32.9 Å². The first-order valence-corrected chi connectivity index (χ1v) is 7.65. The highest BCUT2D eigenvalue weighted by atomic mass is 32.1. The van der Waals surface area contributed by atoms with Crippen molar-refractivity contribution in [2.24, 2.45) is 28.2 Å². The Labute approximate surface area is 117 Å². The van der Waals surface area contributed by atoms with Crippen molar-refractivity contribution in [2.45, 2.75) is 58.9 Å². The van der Waals surface area contributed by atoms with E-state index in [9.17, 15) is 0 Å². The third-order valence-corrected chi connectivity index (χ3v) is 5.43. The van der Waals surface area contributed by atoms with Gasteiger partial charge in [-0.05, 0) is 61.6 Å². The zero-order valence-corrected chi connectivity index (χ0v) is 12.7. The highest BCUT2D eigenvalue weighted by Crippen LogP contribution is 2.55. The number of rotatable bonds is 2. The fourth-order valence-corrected chi connectivity index (χ4v) is 4.45. The van der Waals surface area contributed by atoms with Crippen LogP contribution in [-0.2, 0) is 0 Å². The second-order valence-electron chi connectivity index (χ2n) is 6.80. The molecule has 0 N–H and O–H groups in total. The molecule has 100 valence electrons. The standard InChI is InChI=1S/C16H25NS/c1-11(2)13-7-9-16(4)8-5-6-12(3)14(16)15(13)17-10-18/h11,13-15H,3,5-9H2,1-2,4H3/t13-,14-,15+,16-/m1/s1. The minimum absolute atomic E-state index is 0.328. The van der Waals surface area contributed by atoms with E-state index in [-0.39, 0.29) is 0 Å². The van der Waals surface area contributed by atoms with Gasteiger partial charge in [0.2, 0.25) is 0 Å². The van der Waals surface area contributed by atoms with Gasteiger partial charge in [-0.15, -0.1) is 0 Å². The molecule has 0 spiro atoms. The molecule has 0 aliphatic heterocycles. The van der Waals surface area contributed by atoms with Crippen LogP contribution in [0.5, 0.6) is 0 Å². The molecule has 2 saturated carbocycles. The number of hydrogen-bond acceptors (Lipinski definition) is 2. The predicted octanol–water partition coefficient (Wildman–Crippen LogP) is 4.89. The van der Waals surface area contributed by atoms with E-state index in [2.05, 4.69) is 37.5 Å². The van der Waals surface area contributed by atoms with E-state index < -0.39 is 0 Å². The molecule has 0 aromatic carbocycles. The van der Waals surface area contributed by atoms with E-state index in [1.54, 1.807) is 0 Å². The molecule has 2 fully saturated rings. The molecule has 2 aliphatic carbocycles. The van der Waals surface area contributed by atoms with Gasteiger partial charge in [-0.2, -0.15) is 0 Å². The summed E-state index contributed by atoms with van der Waals surface area (Å²) in [6.07, 6.45) is 6.40. The minimum atomic E-state index is 0.328. The Morgan fingerprint density at radius 3 is 2.78 bits per heavy atom. The maximum Gasteiger partial charge on any atom is 0.0703 e. The number of thiocarbonyl (C=S) groups is 1. The van der Waals surface area contributed by atoms with Gasteiger partial charge in [0.05, 0.1) is 11.2 Å². The molecule has 2 aliphatic rings. The maximum atomic E-state index is 4.89. The Morgan fingerprint density at radius 2 is 2.17 bits per heavy atom. The van der Waals surface area contributed by atoms with E-state index in [1.807, 2.05) is 0 Å². The second-order valence-corrected chi connectivity index (χ2v) is 6.98. The van der Waals surface area contributed by atoms with Crippen molar-refractivity contribution in [1.29, 1.82) is 0 Å². The van der Waals surface area contributed by atoms with Crippen molar-refractivity contribution >= 4 is 17.4 Å². The van der Waals surface area contributed by atoms with E-state index in [1.165, 1.54) is 37.7 Å². The summed E-state index contributed by atoms with van der Waals surface area (Å²) in [6, 6.07) is 0.328. The monoisotopic (exact) mass is 263 g/mol. The number of aliphatic imine (C=N–C) groups is 1. The van der Waals surface area contributed by atoms with Crippen molar-refractivity contribution in [2.75, 3.05) is 0 Å². The number of isothiocyanates is 1. The molecule has 2 rings (SSSR count). The molecular weight excluding hydrogens is 238 g/mol. The number of nitrogens with zero attached hydrogens (tertiary/aromatic N) is 1. The van der Waals surface area contributed by atoms with Crippen LogP contribution in [-0.4, -0.2) is 11.2 Å². The van der Waals surface area contributed by atoms with Gasteiger partial charge >= 0.3 is 0 Å². The maximum absolute atomic E-state index is 4.89. The summed E-state index contributed by atoms with van der Waals surface area (Å²) >= 11 is 4.89. The Hall–Kier alpha value is -0.460. The van der Waals surface area contributed by atoms with Gasteiger partial charge in [0.25, 0.3) is 0 Å². The Kier molecular flexibility index (Phi) is 4.08. The average molecular weight is 263 g/mol. The molecule has 0 amide bonds. The first-order chi connectivity index (χ1) is 8.49. The van der Waals surface area contributed by atoms with Gasteiger partial charge in [-0.25, -0.2) is 4.99 Å². The van der Waals surface area contributed by atoms with Crippen molar-refractivity contribution < 1.29 is 0 Å². The quantitative estimate of drug-likeness (QED) is 0.393. The van der Waals surface area contributed by atoms with Crippen LogP contribution in [0.1, 0.15) is 52.9 Å². The first kappa shape index (κ1) is 14.0. The van der Waals surface area contributed by atoms with Gasteiger partial charge < -0.3 is 0 Å². The molecule has 2 heteroatoms. The van der Waals surface area contributed by atoms with Gasteiger partial charge in [-0.3, -0.25) is 0 Å². The van der Waals surface area contributed by atoms with E-state index in [4.69, 9.17) is 12.2 Å². The van der Waals surface area contributed by atoms with Gasteiger partial charge in [0.1, 0.15) is 0 Å². The van der Waals surface area contributed by atoms with Crippen LogP contribution in [0.2, 0.25) is 0 Å². The van der Waals surface area contributed by atoms with Crippen molar-refractivity contribution in [1.82, 2.24) is 0 Å². The normalized spacial score (nSPS) is 40.2. The second kappa shape index (κ2) is 5.27. The molecular formula is C16H25NS. The first-order valence-electron chi connectivity index (χ1n) is 7.24. The van der Waals surface area contributed by atoms with Crippen LogP contribution < -0.4 is 0 Å². The molecule has 0 aromatic heterocycles. The highest BCUT2D eigenvalue weighted by Gasteiger charge is 2.49. The Balaban J connectivity index is 2.36. The lowest BCUT2D eigenvalue weighted by Crippen LogP contribution is -2.48. The number of hydrogen-bond donors (Lipinski definition) is 0. The fourth-order valence-electron chi connectivity index (χ4n) is 4.33. The van der Waals surface area contributed by atoms with Crippen molar-refractivity contribution in [3.63, 3.8) is 0 Å². The SMILES string of the molecule is C=C1CCC[C@]2(C)CC[C@H](C(C)C)[C@H](N=C=S)[C@@H]12. The smallest absolute Gasteiger partial charge is 0.0703 e. The lowest BCUT2D eigenvalue weighted by atomic mass is 9.54. The number of fused-ring (bicyclic) bond motifs is 1. The van der Waals surface area contributed by atoms with Crippen LogP contribution in [0.4, 0.5) is 0 Å². The molecule has 1 nitrogen and oxygen atoms in total. The molecule has 4 atom stereocenters. The van der Waals surface area contributed by atoms with Crippen LogP contribution in [0, 0.1) is 23.2 Å². The third kappa shape index (κ3) is 2.33. The minimum Gasteiger partial charge on any atom is -0.228 e. The summed E-state index contributed by atoms with van der Waals surface area (Å²) in [5.74, 6) is 1.85. The zero-order valence-electron chi connectivity index (χ0n) is 11.9. The van der Waals surface area contributed by atoms with E-state index >= 15 is 0 Å². The molecule has 0 unspecified atom stereocenters. The molecule has 0 heterocycles. The van der Waals surface area contributed by atoms with Crippen LogP contribution in [0.3, 0.4) is 0 Å². The lowest BCUT2D eigenvalue weighted by molar-refractivity contribution is 0.0384. The Bertz CT molecular complexity index is 381. The predicted molar refractivity (Wildman–Crippen MR) is 81.0 cm³/mol. The summed E-state index contributed by atoms with van der Waals surface area (Å²) < 4.78 is 0. The van der Waals surface area contributed by atoms with Crippen molar-refractivity contribution in [3.8, 4) is 0 Å². The summed E-state index contributed by atoms with van der Waals surface area (Å²) in [6.45, 7) is 11.4. The molecule has 0 saturated heterocycles. The summed E-state index contributed by atoms with van der Waals surface area (Å²) in [7, 11) is 0. The largest absolute Gasteiger partial charge is 0.228 e. The zero-order chi connectivity index (χ0) is 13.3. The van der Waals surface area contributed by atoms with E-state index in [0.717, 1.165) is 0 Å². The molecule has 0 aromatic rings. The topological polar surface area (TPSA) is 12.4 Å². The van der Waals surface area contributed by atoms with Crippen molar-refractivity contribution in [3.05, 3.63) is 12.2 Å². The molecule has 18 heavy (non-hydrogen) atoms. The van der Waals surface area contributed by atoms with Crippen LogP contribution in [0.15, 0.2) is 17.1 Å². The summed E-state index contributed by atoms with van der Waals surface area (Å²) in [4.78, 5) is 4.57.